The number of hydrogen-bond donors (Lipinski definition) is 2. The van der Waals surface area contributed by atoms with E-state index >= 15 is 0 Å². The number of carboxylic acid groups (broad SMARTS) is 1. The first-order valence-corrected chi connectivity index (χ1v) is 11.6. The lowest BCUT2D eigenvalue weighted by Gasteiger charge is -2.32. The third-order valence-electron chi connectivity index (χ3n) is 6.43. The van der Waals surface area contributed by atoms with Gasteiger partial charge in [-0.25, -0.2) is 0 Å². The first-order valence-electron chi connectivity index (χ1n) is 11.6. The van der Waals surface area contributed by atoms with Gasteiger partial charge in [0.2, 0.25) is 5.82 Å². The standard InChI is InChI=1S/C26H26N4O5/c1-16-22(28-34-23(16)18-6-3-2-4-7-18)25-27-24(29-35-25)19-11-9-17(10-12-19)21(31)15-30-13-5-8-20(14-30)26(32)33/h2-4,6-7,9-12,20-21,31H,5,8,13-15H2,1H3,(H,32,33)/t20-,21?/m0/s1. The monoisotopic (exact) mass is 474 g/mol. The number of carbonyl (C=O) groups is 1. The van der Waals surface area contributed by atoms with Crippen molar-refractivity contribution in [1.29, 1.82) is 0 Å². The molecule has 2 aromatic heterocycles. The van der Waals surface area contributed by atoms with Crippen LogP contribution >= 0.6 is 0 Å². The molecule has 4 aromatic rings. The number of nitrogens with zero attached hydrogens (tertiary/aromatic N) is 4. The summed E-state index contributed by atoms with van der Waals surface area (Å²) in [6, 6.07) is 17.0. The van der Waals surface area contributed by atoms with Gasteiger partial charge in [-0.05, 0) is 31.9 Å². The second kappa shape index (κ2) is 9.81. The summed E-state index contributed by atoms with van der Waals surface area (Å²) in [5.41, 5.74) is 3.71. The molecular formula is C26H26N4O5. The molecule has 1 aliphatic rings. The SMILES string of the molecule is Cc1c(-c2nc(-c3ccc(C(O)CN4CCC[C@H](C(=O)O)C4)cc3)no2)noc1-c1ccccc1. The van der Waals surface area contributed by atoms with Gasteiger partial charge in [0.25, 0.3) is 5.89 Å². The Morgan fingerprint density at radius 3 is 2.60 bits per heavy atom. The van der Waals surface area contributed by atoms with E-state index in [1.165, 1.54) is 0 Å². The molecule has 5 rings (SSSR count). The fourth-order valence-electron chi connectivity index (χ4n) is 4.46. The minimum absolute atomic E-state index is 0.269. The summed E-state index contributed by atoms with van der Waals surface area (Å²) in [6.45, 7) is 3.54. The Kier molecular flexibility index (Phi) is 6.43. The van der Waals surface area contributed by atoms with Crippen LogP contribution in [0.2, 0.25) is 0 Å². The van der Waals surface area contributed by atoms with Gasteiger partial charge < -0.3 is 19.3 Å². The molecular weight excluding hydrogens is 448 g/mol. The van der Waals surface area contributed by atoms with E-state index in [0.29, 0.717) is 36.8 Å². The normalized spacial score (nSPS) is 17.4. The van der Waals surface area contributed by atoms with Crippen LogP contribution in [0.4, 0.5) is 0 Å². The summed E-state index contributed by atoms with van der Waals surface area (Å²) in [4.78, 5) is 17.8. The third kappa shape index (κ3) is 4.87. The Labute approximate surface area is 202 Å². The summed E-state index contributed by atoms with van der Waals surface area (Å²) in [5.74, 6) is 0.186. The number of hydrogen-bond acceptors (Lipinski definition) is 8. The maximum atomic E-state index is 11.3. The quantitative estimate of drug-likeness (QED) is 0.405. The largest absolute Gasteiger partial charge is 0.481 e. The summed E-state index contributed by atoms with van der Waals surface area (Å²) in [5, 5.41) is 28.2. The number of aliphatic hydroxyl groups is 1. The molecule has 0 amide bonds. The molecule has 0 aliphatic carbocycles. The highest BCUT2D eigenvalue weighted by Crippen LogP contribution is 2.32. The minimum atomic E-state index is -0.773. The first-order chi connectivity index (χ1) is 17.0. The molecule has 3 heterocycles. The zero-order chi connectivity index (χ0) is 24.4. The second-order valence-corrected chi connectivity index (χ2v) is 8.85. The number of rotatable bonds is 7. The average molecular weight is 475 g/mol. The van der Waals surface area contributed by atoms with Crippen LogP contribution < -0.4 is 0 Å². The van der Waals surface area contributed by atoms with Gasteiger partial charge in [0, 0.05) is 29.8 Å². The Hall–Kier alpha value is -3.82. The molecule has 0 bridgehead atoms. The van der Waals surface area contributed by atoms with Crippen molar-refractivity contribution in [2.24, 2.45) is 5.92 Å². The second-order valence-electron chi connectivity index (χ2n) is 8.85. The highest BCUT2D eigenvalue weighted by Gasteiger charge is 2.27. The topological polar surface area (TPSA) is 126 Å². The van der Waals surface area contributed by atoms with Crippen LogP contribution in [-0.4, -0.2) is 56.0 Å². The van der Waals surface area contributed by atoms with Crippen molar-refractivity contribution >= 4 is 5.97 Å². The van der Waals surface area contributed by atoms with Crippen LogP contribution in [0.25, 0.3) is 34.3 Å². The van der Waals surface area contributed by atoms with Crippen LogP contribution in [0, 0.1) is 12.8 Å². The van der Waals surface area contributed by atoms with E-state index in [2.05, 4.69) is 15.3 Å². The zero-order valence-electron chi connectivity index (χ0n) is 19.3. The number of aromatic nitrogens is 3. The lowest BCUT2D eigenvalue weighted by molar-refractivity contribution is -0.143. The molecule has 180 valence electrons. The van der Waals surface area contributed by atoms with Crippen LogP contribution in [0.5, 0.6) is 0 Å². The van der Waals surface area contributed by atoms with Crippen molar-refractivity contribution in [1.82, 2.24) is 20.2 Å². The predicted molar refractivity (Wildman–Crippen MR) is 127 cm³/mol. The molecule has 2 N–H and O–H groups in total. The van der Waals surface area contributed by atoms with E-state index in [-0.39, 0.29) is 11.8 Å². The summed E-state index contributed by atoms with van der Waals surface area (Å²) in [6.07, 6.45) is 0.789. The summed E-state index contributed by atoms with van der Waals surface area (Å²) in [7, 11) is 0. The maximum Gasteiger partial charge on any atom is 0.307 e. The molecule has 2 aromatic carbocycles. The van der Waals surface area contributed by atoms with Crippen molar-refractivity contribution < 1.29 is 24.1 Å². The van der Waals surface area contributed by atoms with Crippen LogP contribution in [0.3, 0.4) is 0 Å². The van der Waals surface area contributed by atoms with Crippen LogP contribution in [0.1, 0.15) is 30.1 Å². The first kappa shape index (κ1) is 22.9. The maximum absolute atomic E-state index is 11.3. The number of carboxylic acids is 1. The van der Waals surface area contributed by atoms with Gasteiger partial charge in [-0.2, -0.15) is 4.98 Å². The summed E-state index contributed by atoms with van der Waals surface area (Å²) >= 11 is 0. The molecule has 1 aliphatic heterocycles. The van der Waals surface area contributed by atoms with Gasteiger partial charge in [-0.15, -0.1) is 0 Å². The number of aliphatic hydroxyl groups excluding tert-OH is 1. The van der Waals surface area contributed by atoms with Crippen molar-refractivity contribution in [3.63, 3.8) is 0 Å². The Balaban J connectivity index is 1.27. The van der Waals surface area contributed by atoms with E-state index in [9.17, 15) is 15.0 Å². The van der Waals surface area contributed by atoms with Gasteiger partial charge in [0.05, 0.1) is 12.0 Å². The third-order valence-corrected chi connectivity index (χ3v) is 6.43. The molecule has 0 spiro atoms. The molecule has 0 radical (unpaired) electrons. The number of aliphatic carboxylic acids is 1. The van der Waals surface area contributed by atoms with Gasteiger partial charge in [0.1, 0.15) is 0 Å². The Morgan fingerprint density at radius 2 is 1.86 bits per heavy atom. The fourth-order valence-corrected chi connectivity index (χ4v) is 4.46. The molecule has 2 atom stereocenters. The van der Waals surface area contributed by atoms with E-state index in [1.54, 1.807) is 0 Å². The van der Waals surface area contributed by atoms with Crippen LogP contribution in [-0.2, 0) is 4.79 Å². The van der Waals surface area contributed by atoms with Gasteiger partial charge >= 0.3 is 5.97 Å². The lowest BCUT2D eigenvalue weighted by Crippen LogP contribution is -2.40. The molecule has 1 unspecified atom stereocenters. The average Bonchev–Trinajstić information content (AvgIpc) is 3.51. The molecule has 9 heteroatoms. The molecule has 35 heavy (non-hydrogen) atoms. The predicted octanol–water partition coefficient (Wildman–Crippen LogP) is 4.20. The van der Waals surface area contributed by atoms with Gasteiger partial charge in [-0.3, -0.25) is 9.69 Å². The van der Waals surface area contributed by atoms with Crippen LogP contribution in [0.15, 0.2) is 63.6 Å². The smallest absolute Gasteiger partial charge is 0.307 e. The van der Waals surface area contributed by atoms with E-state index in [1.807, 2.05) is 66.4 Å². The zero-order valence-corrected chi connectivity index (χ0v) is 19.3. The van der Waals surface area contributed by atoms with Gasteiger partial charge in [-0.1, -0.05) is 64.9 Å². The lowest BCUT2D eigenvalue weighted by atomic mass is 9.97. The molecule has 1 saturated heterocycles. The number of likely N-dealkylation sites (tertiary alicyclic amines) is 1. The van der Waals surface area contributed by atoms with Crippen molar-refractivity contribution in [2.45, 2.75) is 25.9 Å². The van der Waals surface area contributed by atoms with E-state index in [4.69, 9.17) is 9.05 Å². The van der Waals surface area contributed by atoms with Gasteiger partial charge in [0.15, 0.2) is 11.5 Å². The molecule has 1 fully saturated rings. The molecule has 0 saturated carbocycles. The Morgan fingerprint density at radius 1 is 1.09 bits per heavy atom. The van der Waals surface area contributed by atoms with Crippen molar-refractivity contribution in [2.75, 3.05) is 19.6 Å². The number of β-amino-alcohol motifs (C(OH)–C–C–N with tert-alkyl or cyclic N) is 1. The summed E-state index contributed by atoms with van der Waals surface area (Å²) < 4.78 is 11.0. The highest BCUT2D eigenvalue weighted by atomic mass is 16.5. The van der Waals surface area contributed by atoms with E-state index in [0.717, 1.165) is 35.2 Å². The fraction of sp³-hybridized carbons (Fsp3) is 0.308. The highest BCUT2D eigenvalue weighted by molar-refractivity contribution is 5.70. The van der Waals surface area contributed by atoms with Crippen molar-refractivity contribution in [3.8, 4) is 34.3 Å². The van der Waals surface area contributed by atoms with Crippen molar-refractivity contribution in [3.05, 3.63) is 65.7 Å². The minimum Gasteiger partial charge on any atom is -0.481 e. The van der Waals surface area contributed by atoms with E-state index < -0.39 is 12.1 Å². The number of piperidine rings is 1. The Bertz CT molecular complexity index is 1300. The molecule has 9 nitrogen and oxygen atoms in total. The number of benzene rings is 2.